The number of nitrogens with zero attached hydrogens (tertiary/aromatic N) is 2. The smallest absolute Gasteiger partial charge is 0.323 e. The van der Waals surface area contributed by atoms with Gasteiger partial charge in [0, 0.05) is 41.6 Å². The zero-order valence-electron chi connectivity index (χ0n) is 33.7. The number of pyridine rings is 1. The lowest BCUT2D eigenvalue weighted by Crippen LogP contribution is -2.31. The van der Waals surface area contributed by atoms with Gasteiger partial charge in [0.25, 0.3) is 0 Å². The number of hydrogen-bond donors (Lipinski definition) is 2. The van der Waals surface area contributed by atoms with E-state index in [1.165, 1.54) is 7.11 Å². The molecule has 1 saturated heterocycles. The highest BCUT2D eigenvalue weighted by molar-refractivity contribution is 7.70. The van der Waals surface area contributed by atoms with Crippen molar-refractivity contribution in [1.29, 1.82) is 0 Å². The predicted octanol–water partition coefficient (Wildman–Crippen LogP) is 9.74. The summed E-state index contributed by atoms with van der Waals surface area (Å²) in [6.45, 7) is 11.6. The summed E-state index contributed by atoms with van der Waals surface area (Å²) in [4.78, 5) is 33.7. The van der Waals surface area contributed by atoms with E-state index in [2.05, 4.69) is 48.3 Å². The minimum absolute atomic E-state index is 0.122. The fourth-order valence-corrected chi connectivity index (χ4v) is 8.32. The number of fused-ring (bicyclic) bond motifs is 1. The number of benzene rings is 4. The SMILES string of the molecule is COc1cc(Cc2cc(Oc3ccc(NC(=O)Nc4cc(C(C)(C)C)cc(P(C)(C)=O)c4OC)c4ccccc34)ccn2)ccc1C(=O)CC1CCN(C)CC1. The van der Waals surface area contributed by atoms with Crippen LogP contribution in [0.25, 0.3) is 10.8 Å². The number of carbonyl (C=O) groups is 2. The van der Waals surface area contributed by atoms with Crippen molar-refractivity contribution in [2.24, 2.45) is 5.92 Å². The number of urea groups is 1. The number of Topliss-reactive ketones (excluding diaryl/α,β-unsaturated/α-hetero) is 1. The molecule has 6 rings (SSSR count). The molecule has 2 heterocycles. The topological polar surface area (TPSA) is 119 Å². The van der Waals surface area contributed by atoms with Crippen molar-refractivity contribution in [1.82, 2.24) is 9.88 Å². The van der Waals surface area contributed by atoms with Crippen molar-refractivity contribution < 1.29 is 28.4 Å². The fraction of sp³-hybridized carbons (Fsp3) is 0.356. The number of methoxy groups -OCH3 is 2. The van der Waals surface area contributed by atoms with Gasteiger partial charge in [-0.1, -0.05) is 51.1 Å². The standard InChI is InChI=1S/C45H53N4O6P/c1-45(2,3)31-26-38(43(54-6)42(27-31)56(7,8)52)48-44(51)47-37-15-16-40(35-12-10-9-11-34(35)37)55-33-17-20-46-32(28-33)23-30-13-14-36(41(25-30)53-5)39(50)24-29-18-21-49(4)22-19-29/h9-17,20,25-29H,18-19,21-24H2,1-8H3,(H2,47,48,51). The highest BCUT2D eigenvalue weighted by Gasteiger charge is 2.27. The number of hydrogen-bond acceptors (Lipinski definition) is 8. The van der Waals surface area contributed by atoms with Gasteiger partial charge in [-0.15, -0.1) is 0 Å². The molecule has 2 N–H and O–H groups in total. The van der Waals surface area contributed by atoms with Crippen molar-refractivity contribution >= 4 is 46.4 Å². The van der Waals surface area contributed by atoms with Crippen LogP contribution in [-0.4, -0.2) is 69.4 Å². The van der Waals surface area contributed by atoms with Crippen molar-refractivity contribution in [3.05, 3.63) is 107 Å². The van der Waals surface area contributed by atoms with Gasteiger partial charge in [0.1, 0.15) is 24.4 Å². The molecule has 10 nitrogen and oxygen atoms in total. The molecule has 0 saturated carbocycles. The van der Waals surface area contributed by atoms with Crippen LogP contribution in [0.1, 0.15) is 67.2 Å². The van der Waals surface area contributed by atoms with E-state index in [1.807, 2.05) is 78.9 Å². The summed E-state index contributed by atoms with van der Waals surface area (Å²) in [6, 6.07) is 24.1. The third-order valence-corrected chi connectivity index (χ3v) is 11.9. The molecule has 0 aliphatic carbocycles. The maximum Gasteiger partial charge on any atom is 0.323 e. The van der Waals surface area contributed by atoms with E-state index in [1.54, 1.807) is 26.6 Å². The lowest BCUT2D eigenvalue weighted by molar-refractivity contribution is 0.0933. The number of amides is 2. The molecule has 2 amide bonds. The number of ketones is 1. The van der Waals surface area contributed by atoms with Crippen molar-refractivity contribution in [2.45, 2.75) is 51.9 Å². The number of aromatic nitrogens is 1. The molecule has 0 unspecified atom stereocenters. The summed E-state index contributed by atoms with van der Waals surface area (Å²) < 4.78 is 31.1. The summed E-state index contributed by atoms with van der Waals surface area (Å²) in [5, 5.41) is 8.12. The molecule has 1 fully saturated rings. The zero-order valence-corrected chi connectivity index (χ0v) is 34.6. The van der Waals surface area contributed by atoms with Crippen molar-refractivity contribution in [3.63, 3.8) is 0 Å². The molecule has 4 aromatic carbocycles. The molecule has 0 atom stereocenters. The van der Waals surface area contributed by atoms with Gasteiger partial charge in [-0.3, -0.25) is 9.78 Å². The van der Waals surface area contributed by atoms with Gasteiger partial charge < -0.3 is 34.3 Å². The van der Waals surface area contributed by atoms with Crippen LogP contribution in [0, 0.1) is 5.92 Å². The van der Waals surface area contributed by atoms with Crippen LogP contribution in [0.5, 0.6) is 23.0 Å². The van der Waals surface area contributed by atoms with Crippen LogP contribution < -0.4 is 30.1 Å². The third kappa shape index (κ3) is 9.60. The van der Waals surface area contributed by atoms with E-state index in [0.717, 1.165) is 53.5 Å². The van der Waals surface area contributed by atoms with Crippen LogP contribution in [0.2, 0.25) is 0 Å². The first-order valence-electron chi connectivity index (χ1n) is 19.0. The Morgan fingerprint density at radius 1 is 0.857 bits per heavy atom. The number of carbonyl (C=O) groups excluding carboxylic acids is 2. The molecule has 0 bridgehead atoms. The molecule has 1 aliphatic heterocycles. The average Bonchev–Trinajstić information content (AvgIpc) is 3.15. The van der Waals surface area contributed by atoms with Gasteiger partial charge >= 0.3 is 6.03 Å². The molecule has 1 aliphatic rings. The van der Waals surface area contributed by atoms with Gasteiger partial charge in [0.15, 0.2) is 11.5 Å². The van der Waals surface area contributed by atoms with E-state index in [-0.39, 0.29) is 11.2 Å². The molecule has 1 aromatic heterocycles. The largest absolute Gasteiger partial charge is 0.496 e. The third-order valence-electron chi connectivity index (χ3n) is 10.4. The number of piperidine rings is 1. The summed E-state index contributed by atoms with van der Waals surface area (Å²) in [6.07, 6.45) is 4.85. The van der Waals surface area contributed by atoms with E-state index in [0.29, 0.717) is 64.0 Å². The van der Waals surface area contributed by atoms with Crippen LogP contribution >= 0.6 is 7.14 Å². The molecule has 0 spiro atoms. The van der Waals surface area contributed by atoms with Gasteiger partial charge in [-0.25, -0.2) is 4.79 Å². The van der Waals surface area contributed by atoms with Crippen molar-refractivity contribution in [2.75, 3.05) is 58.3 Å². The average molecular weight is 777 g/mol. The second-order valence-corrected chi connectivity index (χ2v) is 19.3. The molecule has 56 heavy (non-hydrogen) atoms. The highest BCUT2D eigenvalue weighted by Crippen LogP contribution is 2.44. The Morgan fingerprint density at radius 3 is 2.25 bits per heavy atom. The molecule has 5 aromatic rings. The predicted molar refractivity (Wildman–Crippen MR) is 227 cm³/mol. The number of ether oxygens (including phenoxy) is 3. The second-order valence-electron chi connectivity index (χ2n) is 16.1. The maximum atomic E-state index is 13.6. The Bertz CT molecular complexity index is 2290. The number of rotatable bonds is 12. The molecule has 11 heteroatoms. The Hall–Kier alpha value is -5.18. The zero-order chi connectivity index (χ0) is 40.2. The Labute approximate surface area is 330 Å². The highest BCUT2D eigenvalue weighted by atomic mass is 31.2. The van der Waals surface area contributed by atoms with Gasteiger partial charge in [0.2, 0.25) is 0 Å². The summed E-state index contributed by atoms with van der Waals surface area (Å²) in [7, 11) is 2.50. The summed E-state index contributed by atoms with van der Waals surface area (Å²) in [5.74, 6) is 2.72. The molecule has 0 radical (unpaired) electrons. The van der Waals surface area contributed by atoms with Gasteiger partial charge in [-0.05, 0) is 111 Å². The van der Waals surface area contributed by atoms with E-state index in [4.69, 9.17) is 14.2 Å². The number of nitrogens with one attached hydrogen (secondary N) is 2. The van der Waals surface area contributed by atoms with Crippen molar-refractivity contribution in [3.8, 4) is 23.0 Å². The second kappa shape index (κ2) is 16.9. The van der Waals surface area contributed by atoms with E-state index < -0.39 is 13.2 Å². The minimum atomic E-state index is -2.74. The number of likely N-dealkylation sites (tertiary alicyclic amines) is 1. The summed E-state index contributed by atoms with van der Waals surface area (Å²) >= 11 is 0. The molecular weight excluding hydrogens is 723 g/mol. The lowest BCUT2D eigenvalue weighted by atomic mass is 9.86. The Morgan fingerprint density at radius 2 is 1.57 bits per heavy atom. The first kappa shape index (κ1) is 40.5. The van der Waals surface area contributed by atoms with Gasteiger partial charge in [-0.2, -0.15) is 0 Å². The quantitative estimate of drug-likeness (QED) is 0.0950. The lowest BCUT2D eigenvalue weighted by Gasteiger charge is -2.28. The van der Waals surface area contributed by atoms with Crippen LogP contribution in [0.15, 0.2) is 85.1 Å². The first-order chi connectivity index (χ1) is 26.6. The molecular formula is C45H53N4O6P. The normalized spacial score (nSPS) is 14.0. The van der Waals surface area contributed by atoms with Crippen LogP contribution in [0.4, 0.5) is 16.2 Å². The Kier molecular flexibility index (Phi) is 12.2. The van der Waals surface area contributed by atoms with E-state index >= 15 is 0 Å². The van der Waals surface area contributed by atoms with Gasteiger partial charge in [0.05, 0.1) is 36.5 Å². The van der Waals surface area contributed by atoms with Crippen LogP contribution in [-0.2, 0) is 16.4 Å². The summed E-state index contributed by atoms with van der Waals surface area (Å²) in [5.41, 5.74) is 4.10. The van der Waals surface area contributed by atoms with Crippen LogP contribution in [0.3, 0.4) is 0 Å². The first-order valence-corrected chi connectivity index (χ1v) is 21.6. The minimum Gasteiger partial charge on any atom is -0.496 e. The number of anilines is 2. The monoisotopic (exact) mass is 776 g/mol. The maximum absolute atomic E-state index is 13.6. The molecule has 294 valence electrons. The van der Waals surface area contributed by atoms with E-state index in [9.17, 15) is 14.2 Å². The fourth-order valence-electron chi connectivity index (χ4n) is 7.17. The Balaban J connectivity index is 1.18.